The number of hydrogen-bond acceptors (Lipinski definition) is 30. The zero-order valence-electron chi connectivity index (χ0n) is 69.7. The van der Waals surface area contributed by atoms with Gasteiger partial charge in [0.25, 0.3) is 17.7 Å². The number of nitrogens with one attached hydrogen (secondary N) is 3. The number of aryl methyl sites for hydroxylation is 3. The zero-order valence-corrected chi connectivity index (χ0v) is 69.7. The Morgan fingerprint density at radius 2 is 0.734 bits per heavy atom. The number of carbonyl (C=O) groups is 9. The van der Waals surface area contributed by atoms with E-state index >= 15 is 0 Å². The van der Waals surface area contributed by atoms with Gasteiger partial charge < -0.3 is 71.5 Å². The number of amides is 9. The van der Waals surface area contributed by atoms with Gasteiger partial charge in [0.05, 0.1) is 58.2 Å². The van der Waals surface area contributed by atoms with Crippen LogP contribution in [0.4, 0.5) is 49.3 Å². The highest BCUT2D eigenvalue weighted by atomic mass is 16.6. The molecule has 9 aliphatic rings. The molecule has 0 spiro atoms. The highest BCUT2D eigenvalue weighted by Gasteiger charge is 2.38. The van der Waals surface area contributed by atoms with E-state index in [9.17, 15) is 58.9 Å². The number of likely N-dealkylation sites (N-methyl/N-ethyl adjacent to an activating group) is 3. The third-order valence-corrected chi connectivity index (χ3v) is 22.5. The summed E-state index contributed by atoms with van der Waals surface area (Å²) in [6, 6.07) is 14.7. The van der Waals surface area contributed by atoms with Crippen LogP contribution < -0.4 is 44.9 Å². The quantitative estimate of drug-likeness (QED) is 0.0536. The van der Waals surface area contributed by atoms with Crippen molar-refractivity contribution >= 4 is 89.6 Å². The van der Waals surface area contributed by atoms with E-state index in [1.807, 2.05) is 30.3 Å². The van der Waals surface area contributed by atoms with E-state index in [1.54, 1.807) is 57.2 Å². The molecule has 6 aromatic rings. The van der Waals surface area contributed by atoms with E-state index in [-0.39, 0.29) is 130 Å². The van der Waals surface area contributed by atoms with E-state index in [4.69, 9.17) is 56.8 Å². The second-order valence-corrected chi connectivity index (χ2v) is 30.8. The molecule has 3 N–H and O–H groups in total. The van der Waals surface area contributed by atoms with Gasteiger partial charge in [0.2, 0.25) is 0 Å². The third-order valence-electron chi connectivity index (χ3n) is 22.5. The number of fused-ring (bicyclic) bond motifs is 3. The number of hydrogen-bond donors (Lipinski definition) is 3. The number of anilines is 6. The fraction of sp³-hybridized carbons (Fsp3) is 0.506. The number of aldehydes is 3. The van der Waals surface area contributed by atoms with Crippen LogP contribution in [0, 0.1) is 34.0 Å². The number of ether oxygens (including phenoxy) is 12. The van der Waals surface area contributed by atoms with Gasteiger partial charge in [-0.3, -0.25) is 59.4 Å². The second-order valence-electron chi connectivity index (χ2n) is 30.8. The smallest absolute Gasteiger partial charge is 0.328 e. The molecule has 15 heterocycles. The van der Waals surface area contributed by atoms with Crippen molar-refractivity contribution in [1.29, 1.82) is 15.8 Å². The number of nitriles is 3. The van der Waals surface area contributed by atoms with Crippen molar-refractivity contribution < 1.29 is 100.0 Å². The van der Waals surface area contributed by atoms with Gasteiger partial charge in [0, 0.05) is 143 Å². The maximum atomic E-state index is 13.4. The molecule has 0 bridgehead atoms. The average molecular weight is 1710 g/mol. The van der Waals surface area contributed by atoms with Gasteiger partial charge in [0.15, 0.2) is 31.1 Å². The molecule has 15 rings (SSSR count). The fourth-order valence-corrected chi connectivity index (χ4v) is 15.8. The number of rotatable bonds is 24. The lowest BCUT2D eigenvalue weighted by Gasteiger charge is -2.31. The number of carbonyl (C=O) groups excluding carboxylic acids is 9. The van der Waals surface area contributed by atoms with Gasteiger partial charge in [-0.25, -0.2) is 44.3 Å². The van der Waals surface area contributed by atoms with Gasteiger partial charge >= 0.3 is 18.1 Å². The Balaban J connectivity index is 0.000000160. The lowest BCUT2D eigenvalue weighted by molar-refractivity contribution is -0.140. The molecule has 9 aliphatic heterocycles. The first kappa shape index (κ1) is 89.4. The number of nitrogens with zero attached hydrogens (tertiary/aromatic N) is 15. The van der Waals surface area contributed by atoms with Crippen LogP contribution in [0.5, 0.6) is 17.2 Å². The number of urea groups is 3. The number of pyridine rings is 6. The molecule has 9 atom stereocenters. The highest BCUT2D eigenvalue weighted by Crippen LogP contribution is 2.36. The van der Waals surface area contributed by atoms with E-state index in [2.05, 4.69) is 51.9 Å². The molecule has 39 nitrogen and oxygen atoms in total. The van der Waals surface area contributed by atoms with Crippen molar-refractivity contribution in [2.45, 2.75) is 158 Å². The first-order valence-corrected chi connectivity index (χ1v) is 41.1. The van der Waals surface area contributed by atoms with Gasteiger partial charge in [-0.05, 0) is 112 Å². The summed E-state index contributed by atoms with van der Waals surface area (Å²) >= 11 is 0. The summed E-state index contributed by atoms with van der Waals surface area (Å²) in [6.45, 7) is 5.73. The van der Waals surface area contributed by atoms with Crippen molar-refractivity contribution in [2.75, 3.05) is 152 Å². The predicted octanol–water partition coefficient (Wildman–Crippen LogP) is 6.62. The molecule has 0 aliphatic carbocycles. The largest absolute Gasteiger partial charge is 0.486 e. The second kappa shape index (κ2) is 42.1. The minimum atomic E-state index is -0.490. The zero-order chi connectivity index (χ0) is 87.5. The summed E-state index contributed by atoms with van der Waals surface area (Å²) in [7, 11) is 9.73. The molecule has 0 aromatic carbocycles. The van der Waals surface area contributed by atoms with Crippen molar-refractivity contribution in [3.63, 3.8) is 0 Å². The highest BCUT2D eigenvalue weighted by molar-refractivity contribution is 6.04. The van der Waals surface area contributed by atoms with Crippen molar-refractivity contribution in [3.05, 3.63) is 122 Å². The monoisotopic (exact) mass is 1710 g/mol. The van der Waals surface area contributed by atoms with Crippen LogP contribution >= 0.6 is 0 Å². The van der Waals surface area contributed by atoms with Crippen LogP contribution in [-0.4, -0.2) is 276 Å². The topological polar surface area (TPSA) is 469 Å². The lowest BCUT2D eigenvalue weighted by atomic mass is 10.0. The Bertz CT molecular complexity index is 4860. The molecule has 0 radical (unpaired) electrons. The number of aromatic nitrogens is 6. The van der Waals surface area contributed by atoms with Gasteiger partial charge in [-0.1, -0.05) is 0 Å². The van der Waals surface area contributed by atoms with Gasteiger partial charge in [-0.2, -0.15) is 15.8 Å². The van der Waals surface area contributed by atoms with Crippen LogP contribution in [0.2, 0.25) is 0 Å². The minimum Gasteiger partial charge on any atom is -0.486 e. The van der Waals surface area contributed by atoms with E-state index in [0.717, 1.165) is 36.0 Å². The molecule has 0 unspecified atom stereocenters. The standard InChI is InChI=1S/C29H34N6O7.2C28H32N6O7/c1-34(28(37)23-6-4-9-41-23)15-19-11-18-5-3-8-35(27(18)32-21(19)16-36)29(38)33-26-12-24(20(13-30)14-31-26)42-22-7-10-40-17-25(22)39-2;2*1-33(27(36)21-6-4-8-40-21)13-18-9-17-5-3-7-34(26(17)31-20(18)14-35)28(37)32-25-10-22(19(11-29)12-30-25)41-24-16-39-15-23(24)38-2/h11-12,14,16,22-23,25H,3-10,15,17H2,1-2H3,(H,31,33,38);2*9-10,12,14,21,23-24H,3-8,13,15-16H2,1-2H3,(H,30,32,37)/t22-,23-,25-;21-,23+,24+;21-,23-,24-/m111/s1. The van der Waals surface area contributed by atoms with Gasteiger partial charge in [0.1, 0.15) is 147 Å². The molecule has 6 aromatic heterocycles. The molecule has 124 heavy (non-hydrogen) atoms. The summed E-state index contributed by atoms with van der Waals surface area (Å²) in [6.07, 6.45) is 11.8. The Morgan fingerprint density at radius 3 is 1.03 bits per heavy atom. The van der Waals surface area contributed by atoms with Crippen molar-refractivity contribution in [1.82, 2.24) is 44.6 Å². The minimum absolute atomic E-state index is 0.129. The number of methoxy groups -OCH3 is 3. The Labute approximate surface area is 714 Å². The first-order valence-electron chi connectivity index (χ1n) is 41.1. The normalized spacial score (nSPS) is 21.6. The Hall–Kier alpha value is -12.4. The maximum Gasteiger partial charge on any atom is 0.328 e. The van der Waals surface area contributed by atoms with E-state index < -0.39 is 48.6 Å². The Morgan fingerprint density at radius 1 is 0.427 bits per heavy atom. The van der Waals surface area contributed by atoms with Crippen molar-refractivity contribution in [2.24, 2.45) is 0 Å². The van der Waals surface area contributed by atoms with Crippen LogP contribution in [0.3, 0.4) is 0 Å². The molecule has 6 fully saturated rings. The molecular weight excluding hydrogens is 1610 g/mol. The van der Waals surface area contributed by atoms with Crippen molar-refractivity contribution in [3.8, 4) is 35.5 Å². The molecular formula is C85H98N18O21. The summed E-state index contributed by atoms with van der Waals surface area (Å²) in [5.74, 6) is 2.10. The van der Waals surface area contributed by atoms with Crippen LogP contribution in [0.1, 0.15) is 146 Å². The first-order chi connectivity index (χ1) is 60.2. The summed E-state index contributed by atoms with van der Waals surface area (Å²) in [5, 5.41) is 36.9. The Kier molecular flexibility index (Phi) is 30.4. The van der Waals surface area contributed by atoms with Crippen LogP contribution in [0.25, 0.3) is 0 Å². The predicted molar refractivity (Wildman–Crippen MR) is 439 cm³/mol. The summed E-state index contributed by atoms with van der Waals surface area (Å²) < 4.78 is 67.1. The molecule has 9 amide bonds. The van der Waals surface area contributed by atoms with E-state index in [0.29, 0.717) is 196 Å². The molecule has 654 valence electrons. The lowest BCUT2D eigenvalue weighted by Crippen LogP contribution is -2.42. The van der Waals surface area contributed by atoms with Crippen LogP contribution in [0.15, 0.2) is 55.0 Å². The third kappa shape index (κ3) is 21.3. The van der Waals surface area contributed by atoms with Crippen LogP contribution in [-0.2, 0) is 95.9 Å². The average Bonchev–Trinajstić information content (AvgIpc) is 0.822. The maximum absolute atomic E-state index is 13.4. The molecule has 6 saturated heterocycles. The molecule has 0 saturated carbocycles. The summed E-state index contributed by atoms with van der Waals surface area (Å²) in [5.41, 5.74) is 5.36. The SMILES string of the molecule is CO[C@@H]1COCC[C@H]1Oc1cc(NC(=O)N2CCCc3cc(CN(C)C(=O)[C@H]4CCCO4)c(C=O)nc32)ncc1C#N.CO[C@@H]1COC[C@H]1Oc1cc(NC(=O)N2CCCc3cc(CN(C)C(=O)[C@H]4CCCO4)c(C=O)nc32)ncc1C#N.CO[C@H]1COC[C@@H]1Oc1cc(NC(=O)N2CCCc3cc(CN(C)C(=O)[C@H]4CCCO4)c(C=O)nc32)ncc1C#N. The van der Waals surface area contributed by atoms with Gasteiger partial charge in [-0.15, -0.1) is 0 Å². The van der Waals surface area contributed by atoms with E-state index in [1.165, 1.54) is 51.5 Å². The summed E-state index contributed by atoms with van der Waals surface area (Å²) in [4.78, 5) is 150. The fourth-order valence-electron chi connectivity index (χ4n) is 15.8. The molecule has 39 heteroatoms.